The fourth-order valence-corrected chi connectivity index (χ4v) is 5.82. The molecule has 4 rings (SSSR count). The summed E-state index contributed by atoms with van der Waals surface area (Å²) in [6.07, 6.45) is -4.71. The van der Waals surface area contributed by atoms with Crippen LogP contribution in [0.15, 0.2) is 70.0 Å². The molecular weight excluding hydrogens is 579 g/mol. The van der Waals surface area contributed by atoms with Gasteiger partial charge in [-0.15, -0.1) is 0 Å². The molecule has 0 bridgehead atoms. The molecule has 0 unspecified atom stereocenters. The standard InChI is InChI=1S/C30H29ClF3NO5S/c1-4-41(38,39)22-10-6-18(7-11-22)25(16-36)35-29(37)20-8-12-23-26(14-20)40-27(28(23)17(2)3)13-19-5-9-21(31)15-24(19)30(32,33)34/h5-12,14-15,17,25,36H,4,13,16H2,1-3H3,(H,35,37)/t25-/m0/s1. The highest BCUT2D eigenvalue weighted by Gasteiger charge is 2.34. The summed E-state index contributed by atoms with van der Waals surface area (Å²) in [5.41, 5.74) is 1.00. The number of fused-ring (bicyclic) bond motifs is 1. The molecule has 1 atom stereocenters. The number of nitrogens with one attached hydrogen (secondary N) is 1. The number of aliphatic hydroxyl groups excluding tert-OH is 1. The summed E-state index contributed by atoms with van der Waals surface area (Å²) in [5.74, 6) is -0.288. The number of furan rings is 1. The highest BCUT2D eigenvalue weighted by atomic mass is 35.5. The zero-order chi connectivity index (χ0) is 30.1. The third kappa shape index (κ3) is 6.60. The Kier molecular flexibility index (Phi) is 8.87. The van der Waals surface area contributed by atoms with Crippen LogP contribution in [0.5, 0.6) is 0 Å². The molecule has 0 fully saturated rings. The quantitative estimate of drug-likeness (QED) is 0.212. The van der Waals surface area contributed by atoms with Crippen molar-refractivity contribution >= 4 is 38.3 Å². The Morgan fingerprint density at radius 1 is 1.05 bits per heavy atom. The van der Waals surface area contributed by atoms with E-state index in [2.05, 4.69) is 5.32 Å². The van der Waals surface area contributed by atoms with Crippen LogP contribution in [0, 0.1) is 0 Å². The van der Waals surface area contributed by atoms with Crippen molar-refractivity contribution in [2.24, 2.45) is 0 Å². The minimum absolute atomic E-state index is 0.0179. The van der Waals surface area contributed by atoms with E-state index >= 15 is 0 Å². The Balaban J connectivity index is 1.63. The van der Waals surface area contributed by atoms with Gasteiger partial charge in [-0.1, -0.05) is 56.6 Å². The summed E-state index contributed by atoms with van der Waals surface area (Å²) >= 11 is 5.83. The lowest BCUT2D eigenvalue weighted by Gasteiger charge is -2.17. The van der Waals surface area contributed by atoms with Gasteiger partial charge in [-0.3, -0.25) is 4.79 Å². The van der Waals surface area contributed by atoms with E-state index in [4.69, 9.17) is 16.0 Å². The maximum atomic E-state index is 13.7. The summed E-state index contributed by atoms with van der Waals surface area (Å²) in [6.45, 7) is 4.92. The number of alkyl halides is 3. The summed E-state index contributed by atoms with van der Waals surface area (Å²) in [5, 5.41) is 13.3. The van der Waals surface area contributed by atoms with E-state index in [-0.39, 0.29) is 39.1 Å². The van der Waals surface area contributed by atoms with Gasteiger partial charge in [0.15, 0.2) is 9.84 Å². The highest BCUT2D eigenvalue weighted by molar-refractivity contribution is 7.91. The average Bonchev–Trinajstić information content (AvgIpc) is 3.29. The first-order chi connectivity index (χ1) is 19.2. The van der Waals surface area contributed by atoms with E-state index in [1.807, 2.05) is 13.8 Å². The lowest BCUT2D eigenvalue weighted by Crippen LogP contribution is -2.30. The minimum atomic E-state index is -4.59. The van der Waals surface area contributed by atoms with E-state index in [0.717, 1.165) is 11.6 Å². The van der Waals surface area contributed by atoms with Crippen LogP contribution in [0.1, 0.15) is 71.1 Å². The van der Waals surface area contributed by atoms with Crippen molar-refractivity contribution in [3.8, 4) is 0 Å². The smallest absolute Gasteiger partial charge is 0.416 e. The molecule has 6 nitrogen and oxygen atoms in total. The molecule has 0 aliphatic carbocycles. The maximum Gasteiger partial charge on any atom is 0.416 e. The van der Waals surface area contributed by atoms with E-state index in [9.17, 15) is 31.5 Å². The summed E-state index contributed by atoms with van der Waals surface area (Å²) in [4.78, 5) is 13.3. The Morgan fingerprint density at radius 2 is 1.73 bits per heavy atom. The predicted octanol–water partition coefficient (Wildman–Crippen LogP) is 7.08. The first-order valence-electron chi connectivity index (χ1n) is 12.9. The van der Waals surface area contributed by atoms with Gasteiger partial charge in [0.1, 0.15) is 11.3 Å². The van der Waals surface area contributed by atoms with Crippen LogP contribution in [-0.4, -0.2) is 31.8 Å². The molecular formula is C30H29ClF3NO5S. The second-order valence-corrected chi connectivity index (χ2v) is 12.7. The second kappa shape index (κ2) is 11.9. The minimum Gasteiger partial charge on any atom is -0.460 e. The number of rotatable bonds is 9. The molecule has 2 N–H and O–H groups in total. The van der Waals surface area contributed by atoms with Crippen molar-refractivity contribution in [2.75, 3.05) is 12.4 Å². The molecule has 0 radical (unpaired) electrons. The molecule has 1 heterocycles. The van der Waals surface area contributed by atoms with Crippen LogP contribution in [0.3, 0.4) is 0 Å². The number of hydrogen-bond acceptors (Lipinski definition) is 5. The van der Waals surface area contributed by atoms with Crippen molar-refractivity contribution in [1.29, 1.82) is 0 Å². The Bertz CT molecular complexity index is 1680. The molecule has 1 amide bonds. The van der Waals surface area contributed by atoms with Crippen LogP contribution in [0.2, 0.25) is 5.02 Å². The zero-order valence-electron chi connectivity index (χ0n) is 22.5. The lowest BCUT2D eigenvalue weighted by molar-refractivity contribution is -0.138. The molecule has 4 aromatic rings. The number of carbonyl (C=O) groups is 1. The number of carbonyl (C=O) groups excluding carboxylic acids is 1. The molecule has 41 heavy (non-hydrogen) atoms. The Morgan fingerprint density at radius 3 is 2.32 bits per heavy atom. The fraction of sp³-hybridized carbons (Fsp3) is 0.300. The summed E-state index contributed by atoms with van der Waals surface area (Å²) < 4.78 is 71.3. The van der Waals surface area contributed by atoms with Gasteiger partial charge in [0.05, 0.1) is 28.9 Å². The molecule has 218 valence electrons. The summed E-state index contributed by atoms with van der Waals surface area (Å²) in [7, 11) is -3.40. The predicted molar refractivity (Wildman–Crippen MR) is 151 cm³/mol. The Hall–Kier alpha value is -3.34. The summed E-state index contributed by atoms with van der Waals surface area (Å²) in [6, 6.07) is 13.5. The largest absolute Gasteiger partial charge is 0.460 e. The molecule has 1 aromatic heterocycles. The molecule has 3 aromatic carbocycles. The fourth-order valence-electron chi connectivity index (χ4n) is 4.76. The van der Waals surface area contributed by atoms with Crippen molar-refractivity contribution < 1.29 is 35.9 Å². The molecule has 0 saturated carbocycles. The van der Waals surface area contributed by atoms with Gasteiger partial charge in [-0.05, 0) is 53.4 Å². The van der Waals surface area contributed by atoms with Crippen LogP contribution < -0.4 is 5.32 Å². The first-order valence-corrected chi connectivity index (χ1v) is 14.9. The SMILES string of the molecule is CCS(=O)(=O)c1ccc([C@H](CO)NC(=O)c2ccc3c(C(C)C)c(Cc4ccc(Cl)cc4C(F)(F)F)oc3c2)cc1. The van der Waals surface area contributed by atoms with Gasteiger partial charge in [0.25, 0.3) is 5.91 Å². The number of hydrogen-bond donors (Lipinski definition) is 2. The molecule has 0 aliphatic rings. The highest BCUT2D eigenvalue weighted by Crippen LogP contribution is 2.38. The van der Waals surface area contributed by atoms with Gasteiger partial charge < -0.3 is 14.8 Å². The van der Waals surface area contributed by atoms with Crippen molar-refractivity contribution in [3.63, 3.8) is 0 Å². The number of benzene rings is 3. The van der Waals surface area contributed by atoms with Gasteiger partial charge in [-0.2, -0.15) is 13.2 Å². The number of sulfone groups is 1. The second-order valence-electron chi connectivity index (χ2n) is 9.96. The number of aliphatic hydroxyl groups is 1. The van der Waals surface area contributed by atoms with Crippen LogP contribution in [0.4, 0.5) is 13.2 Å². The third-order valence-corrected chi connectivity index (χ3v) is 8.87. The van der Waals surface area contributed by atoms with Crippen LogP contribution in [0.25, 0.3) is 11.0 Å². The van der Waals surface area contributed by atoms with Gasteiger partial charge in [-0.25, -0.2) is 8.42 Å². The number of amides is 1. The van der Waals surface area contributed by atoms with Crippen LogP contribution >= 0.6 is 11.6 Å². The Labute approximate surface area is 241 Å². The normalized spacial score (nSPS) is 13.1. The van der Waals surface area contributed by atoms with E-state index in [1.165, 1.54) is 42.5 Å². The molecule has 11 heteroatoms. The maximum absolute atomic E-state index is 13.7. The van der Waals surface area contributed by atoms with Crippen LogP contribution in [-0.2, 0) is 22.4 Å². The topological polar surface area (TPSA) is 96.6 Å². The molecule has 0 saturated heterocycles. The van der Waals surface area contributed by atoms with Crippen molar-refractivity contribution in [1.82, 2.24) is 5.32 Å². The molecule has 0 spiro atoms. The average molecular weight is 608 g/mol. The third-order valence-electron chi connectivity index (χ3n) is 6.88. The zero-order valence-corrected chi connectivity index (χ0v) is 24.1. The monoisotopic (exact) mass is 607 g/mol. The van der Waals surface area contributed by atoms with E-state index in [0.29, 0.717) is 22.3 Å². The van der Waals surface area contributed by atoms with Gasteiger partial charge >= 0.3 is 6.18 Å². The van der Waals surface area contributed by atoms with E-state index < -0.39 is 40.1 Å². The molecule has 0 aliphatic heterocycles. The lowest BCUT2D eigenvalue weighted by atomic mass is 9.94. The van der Waals surface area contributed by atoms with E-state index in [1.54, 1.807) is 19.1 Å². The van der Waals surface area contributed by atoms with Crippen molar-refractivity contribution in [2.45, 2.75) is 50.2 Å². The van der Waals surface area contributed by atoms with Crippen molar-refractivity contribution in [3.05, 3.63) is 99.3 Å². The van der Waals surface area contributed by atoms with Gasteiger partial charge in [0, 0.05) is 28.0 Å². The van der Waals surface area contributed by atoms with Gasteiger partial charge in [0.2, 0.25) is 0 Å². The number of halogens is 4. The first kappa shape index (κ1) is 30.6.